The topological polar surface area (TPSA) is 41.1 Å². The van der Waals surface area contributed by atoms with E-state index < -0.39 is 0 Å². The van der Waals surface area contributed by atoms with Crippen molar-refractivity contribution in [1.29, 1.82) is 0 Å². The van der Waals surface area contributed by atoms with Crippen LogP contribution in [-0.4, -0.2) is 23.5 Å². The van der Waals surface area contributed by atoms with Crippen LogP contribution in [0.25, 0.3) is 0 Å². The van der Waals surface area contributed by atoms with Crippen LogP contribution in [0.5, 0.6) is 0 Å². The maximum atomic E-state index is 12.0. The number of carbonyl (C=O) groups excluding carboxylic acids is 1. The number of nitrogens with one attached hydrogen (secondary N) is 2. The zero-order chi connectivity index (χ0) is 13.1. The lowest BCUT2D eigenvalue weighted by Gasteiger charge is -2.30. The van der Waals surface area contributed by atoms with Gasteiger partial charge in [-0.1, -0.05) is 13.3 Å². The SMILES string of the molecule is CCCC(C)NC(=O)C(C)NC(C)(C)C1CC1. The molecule has 17 heavy (non-hydrogen) atoms. The van der Waals surface area contributed by atoms with Crippen molar-refractivity contribution in [2.24, 2.45) is 5.92 Å². The van der Waals surface area contributed by atoms with Crippen molar-refractivity contribution in [3.05, 3.63) is 0 Å². The smallest absolute Gasteiger partial charge is 0.237 e. The first-order chi connectivity index (χ1) is 7.86. The van der Waals surface area contributed by atoms with Crippen molar-refractivity contribution in [1.82, 2.24) is 10.6 Å². The molecular formula is C14H28N2O. The Hall–Kier alpha value is -0.570. The second-order valence-electron chi connectivity index (χ2n) is 6.06. The van der Waals surface area contributed by atoms with Gasteiger partial charge in [0, 0.05) is 11.6 Å². The molecule has 1 amide bonds. The standard InChI is InChI=1S/C14H28N2O/c1-6-7-10(2)15-13(17)11(3)16-14(4,5)12-8-9-12/h10-12,16H,6-9H2,1-5H3,(H,15,17). The minimum atomic E-state index is -0.107. The Kier molecular flexibility index (Phi) is 4.99. The van der Waals surface area contributed by atoms with E-state index in [1.165, 1.54) is 12.8 Å². The van der Waals surface area contributed by atoms with Gasteiger partial charge in [0.05, 0.1) is 6.04 Å². The van der Waals surface area contributed by atoms with Gasteiger partial charge in [-0.15, -0.1) is 0 Å². The third-order valence-electron chi connectivity index (χ3n) is 3.69. The molecule has 2 N–H and O–H groups in total. The fourth-order valence-corrected chi connectivity index (χ4v) is 2.42. The molecule has 2 atom stereocenters. The van der Waals surface area contributed by atoms with E-state index in [-0.39, 0.29) is 23.5 Å². The second-order valence-corrected chi connectivity index (χ2v) is 6.06. The van der Waals surface area contributed by atoms with Crippen LogP contribution in [0.4, 0.5) is 0 Å². The fraction of sp³-hybridized carbons (Fsp3) is 0.929. The van der Waals surface area contributed by atoms with Gasteiger partial charge in [-0.2, -0.15) is 0 Å². The molecule has 0 aromatic rings. The predicted octanol–water partition coefficient (Wildman–Crippen LogP) is 2.46. The fourth-order valence-electron chi connectivity index (χ4n) is 2.42. The Bertz CT molecular complexity index is 259. The quantitative estimate of drug-likeness (QED) is 0.717. The number of hydrogen-bond acceptors (Lipinski definition) is 2. The molecule has 0 bridgehead atoms. The average molecular weight is 240 g/mol. The molecular weight excluding hydrogens is 212 g/mol. The van der Waals surface area contributed by atoms with Crippen molar-refractivity contribution in [3.63, 3.8) is 0 Å². The summed E-state index contributed by atoms with van der Waals surface area (Å²) in [5, 5.41) is 6.51. The Morgan fingerprint density at radius 2 is 1.94 bits per heavy atom. The van der Waals surface area contributed by atoms with Gasteiger partial charge >= 0.3 is 0 Å². The van der Waals surface area contributed by atoms with Gasteiger partial charge in [0.2, 0.25) is 5.91 Å². The number of rotatable bonds is 7. The Labute approximate surface area is 106 Å². The van der Waals surface area contributed by atoms with Crippen LogP contribution < -0.4 is 10.6 Å². The summed E-state index contributed by atoms with van der Waals surface area (Å²) in [6.45, 7) is 10.6. The van der Waals surface area contributed by atoms with E-state index >= 15 is 0 Å². The van der Waals surface area contributed by atoms with Gasteiger partial charge in [-0.05, 0) is 52.9 Å². The maximum absolute atomic E-state index is 12.0. The summed E-state index contributed by atoms with van der Waals surface area (Å²) >= 11 is 0. The third kappa shape index (κ3) is 4.66. The zero-order valence-electron chi connectivity index (χ0n) is 12.0. The molecule has 1 rings (SSSR count). The highest BCUT2D eigenvalue weighted by Crippen LogP contribution is 2.39. The number of amides is 1. The van der Waals surface area contributed by atoms with E-state index in [1.807, 2.05) is 6.92 Å². The van der Waals surface area contributed by atoms with Crippen LogP contribution >= 0.6 is 0 Å². The van der Waals surface area contributed by atoms with Crippen molar-refractivity contribution >= 4 is 5.91 Å². The Balaban J connectivity index is 2.35. The first kappa shape index (κ1) is 14.5. The predicted molar refractivity (Wildman–Crippen MR) is 71.9 cm³/mol. The first-order valence-corrected chi connectivity index (χ1v) is 6.95. The van der Waals surface area contributed by atoms with E-state index in [4.69, 9.17) is 0 Å². The van der Waals surface area contributed by atoms with Gasteiger partial charge in [-0.3, -0.25) is 4.79 Å². The molecule has 2 unspecified atom stereocenters. The second kappa shape index (κ2) is 5.85. The minimum Gasteiger partial charge on any atom is -0.352 e. The molecule has 0 aromatic carbocycles. The van der Waals surface area contributed by atoms with Gasteiger partial charge < -0.3 is 10.6 Å². The molecule has 0 radical (unpaired) electrons. The number of carbonyl (C=O) groups is 1. The normalized spacial score (nSPS) is 19.8. The summed E-state index contributed by atoms with van der Waals surface area (Å²) in [7, 11) is 0. The summed E-state index contributed by atoms with van der Waals surface area (Å²) in [4.78, 5) is 12.0. The van der Waals surface area contributed by atoms with E-state index in [9.17, 15) is 4.79 Å². The van der Waals surface area contributed by atoms with Gasteiger partial charge in [0.1, 0.15) is 0 Å². The monoisotopic (exact) mass is 240 g/mol. The Morgan fingerprint density at radius 3 is 2.41 bits per heavy atom. The largest absolute Gasteiger partial charge is 0.352 e. The third-order valence-corrected chi connectivity index (χ3v) is 3.69. The lowest BCUT2D eigenvalue weighted by molar-refractivity contribution is -0.123. The van der Waals surface area contributed by atoms with E-state index in [2.05, 4.69) is 38.3 Å². The average Bonchev–Trinajstić information content (AvgIpc) is 2.99. The summed E-state index contributed by atoms with van der Waals surface area (Å²) < 4.78 is 0. The van der Waals surface area contributed by atoms with Crippen LogP contribution in [0, 0.1) is 5.92 Å². The van der Waals surface area contributed by atoms with Crippen molar-refractivity contribution in [2.75, 3.05) is 0 Å². The molecule has 0 aromatic heterocycles. The van der Waals surface area contributed by atoms with E-state index in [1.54, 1.807) is 0 Å². The van der Waals surface area contributed by atoms with Crippen LogP contribution in [0.15, 0.2) is 0 Å². The maximum Gasteiger partial charge on any atom is 0.237 e. The van der Waals surface area contributed by atoms with Crippen LogP contribution in [-0.2, 0) is 4.79 Å². The molecule has 0 spiro atoms. The molecule has 1 aliphatic rings. The molecule has 0 aliphatic heterocycles. The van der Waals surface area contributed by atoms with Crippen molar-refractivity contribution in [2.45, 2.75) is 77.9 Å². The van der Waals surface area contributed by atoms with Crippen LogP contribution in [0.2, 0.25) is 0 Å². The molecule has 0 heterocycles. The minimum absolute atomic E-state index is 0.0880. The summed E-state index contributed by atoms with van der Waals surface area (Å²) in [5.74, 6) is 0.866. The summed E-state index contributed by atoms with van der Waals surface area (Å²) in [5.41, 5.74) is 0.0880. The molecule has 1 fully saturated rings. The molecule has 100 valence electrons. The molecule has 3 nitrogen and oxygen atoms in total. The van der Waals surface area contributed by atoms with E-state index in [0.717, 1.165) is 18.8 Å². The highest BCUT2D eigenvalue weighted by Gasteiger charge is 2.39. The zero-order valence-corrected chi connectivity index (χ0v) is 12.0. The highest BCUT2D eigenvalue weighted by atomic mass is 16.2. The van der Waals surface area contributed by atoms with Crippen LogP contribution in [0.3, 0.4) is 0 Å². The Morgan fingerprint density at radius 1 is 1.35 bits per heavy atom. The van der Waals surface area contributed by atoms with Crippen LogP contribution in [0.1, 0.15) is 60.3 Å². The van der Waals surface area contributed by atoms with Gasteiger partial charge in [0.15, 0.2) is 0 Å². The van der Waals surface area contributed by atoms with Crippen molar-refractivity contribution < 1.29 is 4.79 Å². The summed E-state index contributed by atoms with van der Waals surface area (Å²) in [6, 6.07) is 0.172. The lowest BCUT2D eigenvalue weighted by atomic mass is 9.97. The first-order valence-electron chi connectivity index (χ1n) is 6.95. The van der Waals surface area contributed by atoms with E-state index in [0.29, 0.717) is 0 Å². The molecule has 0 saturated heterocycles. The molecule has 1 saturated carbocycles. The summed E-state index contributed by atoms with van der Waals surface area (Å²) in [6.07, 6.45) is 4.74. The van der Waals surface area contributed by atoms with Gasteiger partial charge in [-0.25, -0.2) is 0 Å². The number of hydrogen-bond donors (Lipinski definition) is 2. The lowest BCUT2D eigenvalue weighted by Crippen LogP contribution is -2.53. The van der Waals surface area contributed by atoms with Crippen molar-refractivity contribution in [3.8, 4) is 0 Å². The highest BCUT2D eigenvalue weighted by molar-refractivity contribution is 5.81. The molecule has 1 aliphatic carbocycles. The van der Waals surface area contributed by atoms with Gasteiger partial charge in [0.25, 0.3) is 0 Å². The molecule has 3 heteroatoms.